The molecule has 0 unspecified atom stereocenters. The quantitative estimate of drug-likeness (QED) is 0.187. The summed E-state index contributed by atoms with van der Waals surface area (Å²) in [6, 6.07) is 59.1. The lowest BCUT2D eigenvalue weighted by atomic mass is 10.0. The van der Waals surface area contributed by atoms with Crippen molar-refractivity contribution in [1.29, 1.82) is 0 Å². The molecule has 0 bridgehead atoms. The van der Waals surface area contributed by atoms with E-state index in [1.54, 1.807) is 0 Å². The van der Waals surface area contributed by atoms with E-state index in [0.717, 1.165) is 11.4 Å². The van der Waals surface area contributed by atoms with Gasteiger partial charge < -0.3 is 14.2 Å². The fourth-order valence-corrected chi connectivity index (χ4v) is 7.51. The molecule has 0 saturated heterocycles. The zero-order valence-corrected chi connectivity index (χ0v) is 26.4. The van der Waals surface area contributed by atoms with E-state index >= 15 is 0 Å². The molecule has 0 aliphatic rings. The molecule has 0 radical (unpaired) electrons. The molecule has 2 aromatic heterocycles. The average molecular weight is 604 g/mol. The fourth-order valence-electron chi connectivity index (χ4n) is 7.51. The highest BCUT2D eigenvalue weighted by Gasteiger charge is 2.26. The topological polar surface area (TPSA) is 10.9 Å². The molecule has 0 fully saturated rings. The standard InChI is InChI=1S/C44H33N3/c1-30-16-9-11-24-36(30)45(32-18-5-3-6-19-32)38-26-14-28-40-42(38)34-22-13-23-35-43-39(27-15-29-41(43)47(40)44(34)35)46(33-20-7-4-8-21-33)37-25-12-10-17-31(37)2/h3-29H,1-2H3. The Morgan fingerprint density at radius 3 is 1.19 bits per heavy atom. The number of hydrogen-bond donors (Lipinski definition) is 0. The first-order chi connectivity index (χ1) is 23.2. The normalized spacial score (nSPS) is 11.6. The molecular weight excluding hydrogens is 571 g/mol. The van der Waals surface area contributed by atoms with Gasteiger partial charge in [-0.1, -0.05) is 103 Å². The number of para-hydroxylation sites is 5. The number of rotatable bonds is 6. The minimum atomic E-state index is 1.14. The van der Waals surface area contributed by atoms with Crippen molar-refractivity contribution < 1.29 is 0 Å². The molecule has 0 aliphatic carbocycles. The third kappa shape index (κ3) is 4.13. The minimum absolute atomic E-state index is 1.14. The van der Waals surface area contributed by atoms with Crippen LogP contribution in [0.25, 0.3) is 38.1 Å². The van der Waals surface area contributed by atoms with Crippen molar-refractivity contribution >= 4 is 72.2 Å². The molecule has 0 aliphatic heterocycles. The van der Waals surface area contributed by atoms with Crippen molar-refractivity contribution in [3.05, 3.63) is 175 Å². The second-order valence-electron chi connectivity index (χ2n) is 12.3. The van der Waals surface area contributed by atoms with E-state index in [1.165, 1.54) is 72.0 Å². The van der Waals surface area contributed by atoms with Gasteiger partial charge in [-0.15, -0.1) is 0 Å². The van der Waals surface area contributed by atoms with Crippen LogP contribution < -0.4 is 9.80 Å². The van der Waals surface area contributed by atoms with Gasteiger partial charge in [-0.05, 0) is 85.6 Å². The van der Waals surface area contributed by atoms with Crippen LogP contribution >= 0.6 is 0 Å². The number of aromatic nitrogens is 1. The summed E-state index contributed by atoms with van der Waals surface area (Å²) in [6.45, 7) is 4.39. The maximum absolute atomic E-state index is 2.49. The van der Waals surface area contributed by atoms with Crippen molar-refractivity contribution in [2.45, 2.75) is 13.8 Å². The van der Waals surface area contributed by atoms with E-state index in [-0.39, 0.29) is 0 Å². The van der Waals surface area contributed by atoms with Gasteiger partial charge in [0.15, 0.2) is 0 Å². The SMILES string of the molecule is Cc1ccccc1N(c1ccccc1)c1cccc2c1c1cccc3c4c(N(c5ccccc5)c5ccccc5C)cccc4n2c13. The van der Waals surface area contributed by atoms with Gasteiger partial charge in [-0.25, -0.2) is 0 Å². The lowest BCUT2D eigenvalue weighted by Crippen LogP contribution is -2.11. The molecule has 3 nitrogen and oxygen atoms in total. The van der Waals surface area contributed by atoms with Crippen molar-refractivity contribution in [2.75, 3.05) is 9.80 Å². The van der Waals surface area contributed by atoms with Crippen molar-refractivity contribution in [1.82, 2.24) is 4.40 Å². The Hall–Kier alpha value is -6.06. The Labute approximate surface area is 274 Å². The van der Waals surface area contributed by atoms with Gasteiger partial charge in [0, 0.05) is 44.3 Å². The molecule has 0 amide bonds. The summed E-state index contributed by atoms with van der Waals surface area (Å²) in [5, 5.41) is 5.02. The highest BCUT2D eigenvalue weighted by atomic mass is 15.2. The third-order valence-corrected chi connectivity index (χ3v) is 9.54. The van der Waals surface area contributed by atoms with Gasteiger partial charge >= 0.3 is 0 Å². The van der Waals surface area contributed by atoms with Crippen LogP contribution in [-0.2, 0) is 0 Å². The van der Waals surface area contributed by atoms with E-state index in [4.69, 9.17) is 0 Å². The van der Waals surface area contributed by atoms with Gasteiger partial charge in [0.05, 0.1) is 27.9 Å². The smallest absolute Gasteiger partial charge is 0.0622 e. The van der Waals surface area contributed by atoms with Gasteiger partial charge in [-0.3, -0.25) is 0 Å². The van der Waals surface area contributed by atoms with Crippen molar-refractivity contribution in [3.8, 4) is 0 Å². The van der Waals surface area contributed by atoms with Crippen LogP contribution in [-0.4, -0.2) is 4.40 Å². The Kier molecular flexibility index (Phi) is 6.26. The van der Waals surface area contributed by atoms with Gasteiger partial charge in [0.2, 0.25) is 0 Å². The molecule has 9 rings (SSSR count). The van der Waals surface area contributed by atoms with Crippen LogP contribution in [0.1, 0.15) is 11.1 Å². The Morgan fingerprint density at radius 1 is 0.362 bits per heavy atom. The number of hydrogen-bond acceptors (Lipinski definition) is 2. The van der Waals surface area contributed by atoms with Crippen LogP contribution in [0.5, 0.6) is 0 Å². The summed E-state index contributed by atoms with van der Waals surface area (Å²) >= 11 is 0. The van der Waals surface area contributed by atoms with Crippen molar-refractivity contribution in [3.63, 3.8) is 0 Å². The molecule has 0 saturated carbocycles. The Bertz CT molecular complexity index is 2370. The van der Waals surface area contributed by atoms with Gasteiger partial charge in [-0.2, -0.15) is 0 Å². The summed E-state index contributed by atoms with van der Waals surface area (Å²) in [5.74, 6) is 0. The maximum atomic E-state index is 2.49. The summed E-state index contributed by atoms with van der Waals surface area (Å²) in [5.41, 5.74) is 13.1. The number of aryl methyl sites for hydroxylation is 2. The zero-order valence-electron chi connectivity index (χ0n) is 26.4. The minimum Gasteiger partial charge on any atom is -0.310 e. The molecule has 2 heterocycles. The van der Waals surface area contributed by atoms with E-state index in [9.17, 15) is 0 Å². The third-order valence-electron chi connectivity index (χ3n) is 9.54. The van der Waals surface area contributed by atoms with E-state index in [0.29, 0.717) is 0 Å². The zero-order chi connectivity index (χ0) is 31.5. The highest BCUT2D eigenvalue weighted by molar-refractivity contribution is 6.28. The second kappa shape index (κ2) is 10.8. The molecule has 3 heteroatoms. The van der Waals surface area contributed by atoms with Crippen LogP contribution in [0.15, 0.2) is 164 Å². The van der Waals surface area contributed by atoms with Crippen LogP contribution in [0, 0.1) is 13.8 Å². The Balaban J connectivity index is 1.37. The predicted molar refractivity (Wildman–Crippen MR) is 200 cm³/mol. The Morgan fingerprint density at radius 2 is 0.745 bits per heavy atom. The van der Waals surface area contributed by atoms with E-state index in [2.05, 4.69) is 192 Å². The largest absolute Gasteiger partial charge is 0.310 e. The monoisotopic (exact) mass is 603 g/mol. The molecule has 0 atom stereocenters. The number of benzene rings is 7. The molecule has 0 N–H and O–H groups in total. The number of anilines is 6. The lowest BCUT2D eigenvalue weighted by molar-refractivity contribution is 1.26. The molecule has 7 aromatic carbocycles. The van der Waals surface area contributed by atoms with Gasteiger partial charge in [0.25, 0.3) is 0 Å². The summed E-state index contributed by atoms with van der Waals surface area (Å²) in [6.07, 6.45) is 0. The number of nitrogens with zero attached hydrogens (tertiary/aromatic N) is 3. The molecule has 224 valence electrons. The molecule has 47 heavy (non-hydrogen) atoms. The van der Waals surface area contributed by atoms with Crippen LogP contribution in [0.3, 0.4) is 0 Å². The molecule has 9 aromatic rings. The first-order valence-electron chi connectivity index (χ1n) is 16.2. The van der Waals surface area contributed by atoms with Gasteiger partial charge in [0.1, 0.15) is 0 Å². The summed E-state index contributed by atoms with van der Waals surface area (Å²) in [4.78, 5) is 4.84. The lowest BCUT2D eigenvalue weighted by Gasteiger charge is -2.28. The first kappa shape index (κ1) is 27.3. The summed E-state index contributed by atoms with van der Waals surface area (Å²) < 4.78 is 2.49. The van der Waals surface area contributed by atoms with Crippen LogP contribution in [0.2, 0.25) is 0 Å². The number of fused-ring (bicyclic) bond motifs is 6. The second-order valence-corrected chi connectivity index (χ2v) is 12.3. The van der Waals surface area contributed by atoms with E-state index in [1.807, 2.05) is 0 Å². The fraction of sp³-hybridized carbons (Fsp3) is 0.0455. The van der Waals surface area contributed by atoms with Crippen molar-refractivity contribution in [2.24, 2.45) is 0 Å². The highest BCUT2D eigenvalue weighted by Crippen LogP contribution is 2.49. The molecular formula is C44H33N3. The van der Waals surface area contributed by atoms with Crippen LogP contribution in [0.4, 0.5) is 34.1 Å². The van der Waals surface area contributed by atoms with E-state index < -0.39 is 0 Å². The molecule has 0 spiro atoms. The maximum Gasteiger partial charge on any atom is 0.0622 e. The average Bonchev–Trinajstić information content (AvgIpc) is 3.65. The predicted octanol–water partition coefficient (Wildman–Crippen LogP) is 12.4. The first-order valence-corrected chi connectivity index (χ1v) is 16.2. The summed E-state index contributed by atoms with van der Waals surface area (Å²) in [7, 11) is 0.